The van der Waals surface area contributed by atoms with Crippen LogP contribution in [0.2, 0.25) is 0 Å². The van der Waals surface area contributed by atoms with Crippen LogP contribution in [0.1, 0.15) is 19.3 Å². The van der Waals surface area contributed by atoms with E-state index in [2.05, 4.69) is 0 Å². The molecule has 98 valence electrons. The molecule has 6 nitrogen and oxygen atoms in total. The summed E-state index contributed by atoms with van der Waals surface area (Å²) < 4.78 is 20.1. The highest BCUT2D eigenvalue weighted by atomic mass is 31.2. The Morgan fingerprint density at radius 3 is 2.65 bits per heavy atom. The molecule has 0 aromatic heterocycles. The van der Waals surface area contributed by atoms with E-state index in [1.165, 1.54) is 0 Å². The zero-order valence-corrected chi connectivity index (χ0v) is 10.7. The molecule has 4 atom stereocenters. The van der Waals surface area contributed by atoms with Gasteiger partial charge in [-0.2, -0.15) is 0 Å². The van der Waals surface area contributed by atoms with Crippen molar-refractivity contribution in [3.63, 3.8) is 0 Å². The Morgan fingerprint density at radius 1 is 1.35 bits per heavy atom. The fraction of sp³-hybridized carbons (Fsp3) is 1.00. The van der Waals surface area contributed by atoms with Gasteiger partial charge in [0, 0.05) is 25.2 Å². The van der Waals surface area contributed by atoms with E-state index in [0.29, 0.717) is 12.6 Å². The fourth-order valence-corrected chi connectivity index (χ4v) is 6.28. The van der Waals surface area contributed by atoms with Crippen LogP contribution < -0.4 is 11.5 Å². The third kappa shape index (κ3) is 1.79. The van der Waals surface area contributed by atoms with Crippen molar-refractivity contribution < 1.29 is 14.2 Å². The molecule has 5 N–H and O–H groups in total. The van der Waals surface area contributed by atoms with Gasteiger partial charge in [-0.3, -0.25) is 20.6 Å². The number of hydrogen-bond acceptors (Lipinski definition) is 5. The van der Waals surface area contributed by atoms with Crippen LogP contribution in [0.15, 0.2) is 0 Å². The summed E-state index contributed by atoms with van der Waals surface area (Å²) in [5.41, 5.74) is 11.9. The van der Waals surface area contributed by atoms with E-state index in [1.54, 1.807) is 0 Å². The molecule has 17 heavy (non-hydrogen) atoms. The molecular weight excluding hydrogens is 241 g/mol. The zero-order valence-electron chi connectivity index (χ0n) is 9.79. The summed E-state index contributed by atoms with van der Waals surface area (Å²) in [5, 5.41) is 9.90. The number of hydrogen-bond donors (Lipinski definition) is 3. The largest absolute Gasteiger partial charge is 0.393 e. The molecule has 3 rings (SSSR count). The van der Waals surface area contributed by atoms with Gasteiger partial charge < -0.3 is 5.11 Å². The van der Waals surface area contributed by atoms with Crippen LogP contribution in [0.25, 0.3) is 0 Å². The van der Waals surface area contributed by atoms with E-state index >= 15 is 0 Å². The van der Waals surface area contributed by atoms with Crippen LogP contribution in [0, 0.1) is 11.8 Å². The Balaban J connectivity index is 1.87. The summed E-state index contributed by atoms with van der Waals surface area (Å²) in [6.07, 6.45) is 2.52. The van der Waals surface area contributed by atoms with E-state index in [9.17, 15) is 9.67 Å². The second kappa shape index (κ2) is 3.76. The van der Waals surface area contributed by atoms with E-state index < -0.39 is 19.5 Å². The molecule has 3 aliphatic rings. The van der Waals surface area contributed by atoms with Gasteiger partial charge >= 0.3 is 0 Å². The highest BCUT2D eigenvalue weighted by molar-refractivity contribution is 7.56. The molecule has 0 bridgehead atoms. The fourth-order valence-electron chi connectivity index (χ4n) is 3.35. The number of nitrogens with zero attached hydrogens (tertiary/aromatic N) is 1. The van der Waals surface area contributed by atoms with Crippen molar-refractivity contribution in [1.29, 1.82) is 0 Å². The summed E-state index contributed by atoms with van der Waals surface area (Å²) in [4.78, 5) is 0. The van der Waals surface area contributed by atoms with Crippen LogP contribution in [0.4, 0.5) is 0 Å². The van der Waals surface area contributed by atoms with Crippen LogP contribution in [0.5, 0.6) is 0 Å². The lowest BCUT2D eigenvalue weighted by Gasteiger charge is -2.49. The summed E-state index contributed by atoms with van der Waals surface area (Å²) in [6.45, 7) is 1.60. The van der Waals surface area contributed by atoms with Gasteiger partial charge in [-0.05, 0) is 25.2 Å². The van der Waals surface area contributed by atoms with Crippen molar-refractivity contribution in [3.8, 4) is 0 Å². The topological polar surface area (TPSA) is 102 Å². The molecule has 2 heterocycles. The molecule has 0 radical (unpaired) electrons. The van der Waals surface area contributed by atoms with Crippen molar-refractivity contribution >= 4 is 7.52 Å². The van der Waals surface area contributed by atoms with Crippen molar-refractivity contribution in [1.82, 2.24) is 4.67 Å². The standard InChI is InChI=1S/C10H20N3O3P/c11-10(12)9-7(2-3-8(9)14)6-17(15,16-10)13-4-1-5-13/h7-9,14H,1-6,11-12H2. The van der Waals surface area contributed by atoms with Crippen LogP contribution in [-0.2, 0) is 9.09 Å². The van der Waals surface area contributed by atoms with Gasteiger partial charge in [-0.1, -0.05) is 0 Å². The molecule has 2 saturated heterocycles. The molecule has 0 amide bonds. The molecule has 1 saturated carbocycles. The quantitative estimate of drug-likeness (QED) is 0.449. The van der Waals surface area contributed by atoms with Gasteiger partial charge in [-0.25, -0.2) is 4.67 Å². The molecule has 3 fully saturated rings. The lowest BCUT2D eigenvalue weighted by atomic mass is 9.91. The molecule has 4 unspecified atom stereocenters. The zero-order chi connectivity index (χ0) is 12.3. The van der Waals surface area contributed by atoms with Gasteiger partial charge in [0.25, 0.3) is 7.52 Å². The van der Waals surface area contributed by atoms with E-state index in [0.717, 1.165) is 25.9 Å². The summed E-state index contributed by atoms with van der Waals surface area (Å²) in [5.74, 6) is -1.62. The summed E-state index contributed by atoms with van der Waals surface area (Å²) >= 11 is 0. The average Bonchev–Trinajstić information content (AvgIpc) is 2.41. The van der Waals surface area contributed by atoms with Gasteiger partial charge in [-0.15, -0.1) is 0 Å². The number of fused-ring (bicyclic) bond motifs is 1. The molecule has 1 aliphatic carbocycles. The summed E-state index contributed by atoms with van der Waals surface area (Å²) in [6, 6.07) is 0. The second-order valence-corrected chi connectivity index (χ2v) is 7.89. The normalized spacial score (nSPS) is 49.7. The van der Waals surface area contributed by atoms with E-state index in [4.69, 9.17) is 16.0 Å². The first-order valence-electron chi connectivity index (χ1n) is 6.23. The molecule has 0 spiro atoms. The number of nitrogens with two attached hydrogens (primary N) is 2. The Hall–Kier alpha value is 0.0300. The first-order chi connectivity index (χ1) is 7.92. The molecular formula is C10H20N3O3P. The van der Waals surface area contributed by atoms with Crippen LogP contribution in [0.3, 0.4) is 0 Å². The maximum Gasteiger partial charge on any atom is 0.275 e. The first kappa shape index (κ1) is 12.1. The lowest BCUT2D eigenvalue weighted by Crippen LogP contribution is -2.64. The van der Waals surface area contributed by atoms with Crippen molar-refractivity contribution in [2.45, 2.75) is 31.2 Å². The number of aliphatic hydroxyl groups is 1. The lowest BCUT2D eigenvalue weighted by molar-refractivity contribution is -0.0647. The number of rotatable bonds is 1. The number of aliphatic hydroxyl groups excluding tert-OH is 1. The second-order valence-electron chi connectivity index (χ2n) is 5.50. The Bertz CT molecular complexity index is 372. The molecule has 7 heteroatoms. The van der Waals surface area contributed by atoms with Crippen molar-refractivity contribution in [3.05, 3.63) is 0 Å². The minimum atomic E-state index is -2.86. The van der Waals surface area contributed by atoms with E-state index in [-0.39, 0.29) is 11.8 Å². The monoisotopic (exact) mass is 261 g/mol. The van der Waals surface area contributed by atoms with Crippen LogP contribution >= 0.6 is 7.52 Å². The smallest absolute Gasteiger partial charge is 0.275 e. The Morgan fingerprint density at radius 2 is 2.06 bits per heavy atom. The minimum absolute atomic E-state index is 0.125. The molecule has 0 aromatic carbocycles. The Kier molecular flexibility index (Phi) is 2.67. The maximum atomic E-state index is 12.7. The van der Waals surface area contributed by atoms with E-state index in [1.807, 2.05) is 4.67 Å². The Labute approximate surface area is 101 Å². The highest BCUT2D eigenvalue weighted by Gasteiger charge is 2.57. The minimum Gasteiger partial charge on any atom is -0.393 e. The van der Waals surface area contributed by atoms with Crippen molar-refractivity contribution in [2.24, 2.45) is 23.3 Å². The average molecular weight is 261 g/mol. The SMILES string of the molecule is NC1(N)OP(=O)(N2CCC2)CC2CCC(O)C21. The van der Waals surface area contributed by atoms with Crippen molar-refractivity contribution in [2.75, 3.05) is 19.3 Å². The molecule has 0 aromatic rings. The van der Waals surface area contributed by atoms with Crippen LogP contribution in [-0.4, -0.2) is 41.0 Å². The van der Waals surface area contributed by atoms with Gasteiger partial charge in [0.15, 0.2) is 5.85 Å². The third-order valence-electron chi connectivity index (χ3n) is 4.31. The predicted molar refractivity (Wildman–Crippen MR) is 63.1 cm³/mol. The third-order valence-corrected chi connectivity index (χ3v) is 7.10. The molecule has 2 aliphatic heterocycles. The summed E-state index contributed by atoms with van der Waals surface area (Å²) in [7, 11) is -2.86. The first-order valence-corrected chi connectivity index (χ1v) is 8.00. The van der Waals surface area contributed by atoms with Gasteiger partial charge in [0.2, 0.25) is 0 Å². The highest BCUT2D eigenvalue weighted by Crippen LogP contribution is 2.63. The predicted octanol–water partition coefficient (Wildman–Crippen LogP) is -0.126. The maximum absolute atomic E-state index is 12.7. The van der Waals surface area contributed by atoms with Gasteiger partial charge in [0.1, 0.15) is 0 Å². The van der Waals surface area contributed by atoms with Gasteiger partial charge in [0.05, 0.1) is 6.10 Å².